The van der Waals surface area contributed by atoms with Gasteiger partial charge in [-0.05, 0) is 246 Å². The lowest BCUT2D eigenvalue weighted by Crippen LogP contribution is -2.62. The van der Waals surface area contributed by atoms with E-state index >= 15 is 0 Å². The molecular weight excluding hydrogens is 721 g/mol. The van der Waals surface area contributed by atoms with Crippen molar-refractivity contribution < 1.29 is 0 Å². The number of rotatable bonds is 2. The largest absolute Gasteiger partial charge is 0.0648 e. The van der Waals surface area contributed by atoms with Crippen molar-refractivity contribution in [1.29, 1.82) is 0 Å². The third-order valence-corrected chi connectivity index (χ3v) is 27.6. The number of hydrogen-bond donors (Lipinski definition) is 0. The summed E-state index contributed by atoms with van der Waals surface area (Å²) < 4.78 is 0. The van der Waals surface area contributed by atoms with Crippen molar-refractivity contribution in [1.82, 2.24) is 0 Å². The van der Waals surface area contributed by atoms with E-state index in [1.165, 1.54) is 83.5 Å². The highest BCUT2D eigenvalue weighted by Crippen LogP contribution is 2.74. The first-order valence-electron chi connectivity index (χ1n) is 27.7. The zero-order valence-corrected chi connectivity index (χ0v) is 43.7. The lowest BCUT2D eigenvalue weighted by Gasteiger charge is -2.70. The van der Waals surface area contributed by atoms with Gasteiger partial charge in [0, 0.05) is 0 Å². The molecule has 0 heterocycles. The molecule has 25 atom stereocenters. The first-order chi connectivity index (χ1) is 27.7. The van der Waals surface area contributed by atoms with Crippen molar-refractivity contribution >= 4 is 0 Å². The van der Waals surface area contributed by atoms with Crippen LogP contribution in [0, 0.1) is 150 Å². The van der Waals surface area contributed by atoms with Crippen molar-refractivity contribution in [3.8, 4) is 0 Å². The van der Waals surface area contributed by atoms with Gasteiger partial charge in [0.1, 0.15) is 0 Å². The Kier molecular flexibility index (Phi) is 10.7. The lowest BCUT2D eigenvalue weighted by atomic mass is 9.35. The highest BCUT2D eigenvalue weighted by Gasteiger charge is 2.66. The molecule has 16 saturated carbocycles. The SMILES string of the molecule is CC1C2CC3(C)CC1C(C)C(C)(C2)C3.CC1C2CC3C(C)C1CC(C)(C2)C3(C)C.CCC1(C)C2CC3CC1(C)CC(C3C)C2C.CCC12CC3CC(C)(CC(C3C)C1C)C2. The zero-order chi connectivity index (χ0) is 43.7. The monoisotopic (exact) mass is 825 g/mol. The maximum Gasteiger partial charge on any atom is -0.0243 e. The first kappa shape index (κ1) is 45.2. The molecule has 60 heavy (non-hydrogen) atoms. The predicted molar refractivity (Wildman–Crippen MR) is 258 cm³/mol. The molecule has 0 aromatic carbocycles. The normalized spacial score (nSPS) is 63.3. The van der Waals surface area contributed by atoms with Crippen LogP contribution in [0.15, 0.2) is 0 Å². The van der Waals surface area contributed by atoms with Crippen LogP contribution in [0.2, 0.25) is 0 Å². The highest BCUT2D eigenvalue weighted by atomic mass is 14.7. The summed E-state index contributed by atoms with van der Waals surface area (Å²) in [4.78, 5) is 0. The molecule has 0 heteroatoms. The van der Waals surface area contributed by atoms with Crippen molar-refractivity contribution in [2.24, 2.45) is 150 Å². The average molecular weight is 825 g/mol. The van der Waals surface area contributed by atoms with Crippen LogP contribution in [0.5, 0.6) is 0 Å². The van der Waals surface area contributed by atoms with Crippen LogP contribution in [0.1, 0.15) is 227 Å². The molecule has 0 nitrogen and oxygen atoms in total. The van der Waals surface area contributed by atoms with Gasteiger partial charge in [0.15, 0.2) is 0 Å². The van der Waals surface area contributed by atoms with Crippen LogP contribution >= 0.6 is 0 Å². The molecule has 16 fully saturated rings. The van der Waals surface area contributed by atoms with Crippen LogP contribution < -0.4 is 0 Å². The smallest absolute Gasteiger partial charge is 0.0243 e. The molecule has 16 aliphatic rings. The van der Waals surface area contributed by atoms with Gasteiger partial charge < -0.3 is 0 Å². The Hall–Kier alpha value is 0. The second-order valence-corrected chi connectivity index (χ2v) is 30.1. The standard InChI is InChI=1S/C16H28.2C15H26.C14H24/c1-6-16(5)14-7-12-8-15(16,4)9-13(10(12)2)11(14)3;1-9-11-6-13-10(2)12(9)8-15(5,7-11)14(13,3)4;1-5-15-7-12-6-14(4,9-15)8-13(10(12)2)11(15)3;1-9-11-5-13(3)7-12(9)10(2)14(4,6-11)8-13/h10-14H,6-9H2,1-5H3;9-13H,6-8H2,1-5H3;10-13H,5-9H2,1-4H3;9-12H,5-8H2,1-4H3. The minimum absolute atomic E-state index is 0.597. The van der Waals surface area contributed by atoms with Gasteiger partial charge >= 0.3 is 0 Å². The molecule has 16 aliphatic carbocycles. The van der Waals surface area contributed by atoms with E-state index in [4.69, 9.17) is 0 Å². The molecule has 0 amide bonds. The summed E-state index contributed by atoms with van der Waals surface area (Å²) in [6.45, 7) is 45.8. The fourth-order valence-corrected chi connectivity index (χ4v) is 23.2. The van der Waals surface area contributed by atoms with E-state index in [-0.39, 0.29) is 0 Å². The van der Waals surface area contributed by atoms with Crippen molar-refractivity contribution in [3.05, 3.63) is 0 Å². The van der Waals surface area contributed by atoms with Crippen molar-refractivity contribution in [2.75, 3.05) is 0 Å². The fraction of sp³-hybridized carbons (Fsp3) is 1.00. The van der Waals surface area contributed by atoms with E-state index in [0.717, 1.165) is 123 Å². The van der Waals surface area contributed by atoms with Crippen LogP contribution in [0.4, 0.5) is 0 Å². The average Bonchev–Trinajstić information content (AvgIpc) is 3.16. The molecular formula is C60H104. The fourth-order valence-electron chi connectivity index (χ4n) is 23.2. The molecule has 0 aromatic rings. The summed E-state index contributed by atoms with van der Waals surface area (Å²) in [6, 6.07) is 0. The first-order valence-corrected chi connectivity index (χ1v) is 27.7. The molecule has 0 N–H and O–H groups in total. The minimum atomic E-state index is 0.597. The molecule has 16 bridgehead atoms. The van der Waals surface area contributed by atoms with Crippen LogP contribution in [0.25, 0.3) is 0 Å². The Morgan fingerprint density at radius 3 is 1.42 bits per heavy atom. The summed E-state index contributed by atoms with van der Waals surface area (Å²) in [6.07, 6.45) is 24.2. The quantitative estimate of drug-likeness (QED) is 0.260. The molecule has 25 unspecified atom stereocenters. The maximum absolute atomic E-state index is 2.61. The highest BCUT2D eigenvalue weighted by molar-refractivity contribution is 5.15. The molecule has 16 rings (SSSR count). The van der Waals surface area contributed by atoms with E-state index < -0.39 is 0 Å². The van der Waals surface area contributed by atoms with Gasteiger partial charge in [0.25, 0.3) is 0 Å². The van der Waals surface area contributed by atoms with E-state index in [9.17, 15) is 0 Å². The molecule has 0 spiro atoms. The Morgan fingerprint density at radius 2 is 0.850 bits per heavy atom. The van der Waals surface area contributed by atoms with Crippen LogP contribution in [-0.4, -0.2) is 0 Å². The third kappa shape index (κ3) is 6.22. The molecule has 0 saturated heterocycles. The van der Waals surface area contributed by atoms with Gasteiger partial charge in [-0.15, -0.1) is 0 Å². The summed E-state index contributed by atoms with van der Waals surface area (Å²) >= 11 is 0. The second-order valence-electron chi connectivity index (χ2n) is 30.1. The van der Waals surface area contributed by atoms with Gasteiger partial charge in [0.05, 0.1) is 0 Å². The Bertz CT molecular complexity index is 1620. The topological polar surface area (TPSA) is 0 Å². The van der Waals surface area contributed by atoms with Gasteiger partial charge in [0.2, 0.25) is 0 Å². The molecule has 344 valence electrons. The zero-order valence-electron chi connectivity index (χ0n) is 43.7. The Labute approximate surface area is 375 Å². The summed E-state index contributed by atoms with van der Waals surface area (Å²) in [5.41, 5.74) is 5.45. The van der Waals surface area contributed by atoms with E-state index in [0.29, 0.717) is 27.1 Å². The minimum Gasteiger partial charge on any atom is -0.0648 e. The van der Waals surface area contributed by atoms with Crippen LogP contribution in [-0.2, 0) is 0 Å². The Morgan fingerprint density at radius 1 is 0.383 bits per heavy atom. The van der Waals surface area contributed by atoms with Crippen molar-refractivity contribution in [2.45, 2.75) is 227 Å². The van der Waals surface area contributed by atoms with Gasteiger partial charge in [-0.3, -0.25) is 0 Å². The summed E-state index contributed by atoms with van der Waals surface area (Å²) in [7, 11) is 0. The van der Waals surface area contributed by atoms with E-state index in [2.05, 4.69) is 125 Å². The lowest BCUT2D eigenvalue weighted by molar-refractivity contribution is -0.211. The van der Waals surface area contributed by atoms with Crippen LogP contribution in [0.3, 0.4) is 0 Å². The van der Waals surface area contributed by atoms with Gasteiger partial charge in [-0.25, -0.2) is 0 Å². The van der Waals surface area contributed by atoms with Crippen molar-refractivity contribution in [3.63, 3.8) is 0 Å². The molecule has 0 aromatic heterocycles. The molecule has 0 radical (unpaired) electrons. The van der Waals surface area contributed by atoms with Gasteiger partial charge in [-0.1, -0.05) is 131 Å². The van der Waals surface area contributed by atoms with E-state index in [1.54, 1.807) is 19.3 Å². The number of hydrogen-bond acceptors (Lipinski definition) is 0. The van der Waals surface area contributed by atoms with E-state index in [1.807, 2.05) is 0 Å². The maximum atomic E-state index is 2.61. The third-order valence-electron chi connectivity index (χ3n) is 27.6. The second kappa shape index (κ2) is 14.3. The predicted octanol–water partition coefficient (Wildman–Crippen LogP) is 17.7. The summed E-state index contributed by atoms with van der Waals surface area (Å²) in [5.74, 6) is 18.5. The summed E-state index contributed by atoms with van der Waals surface area (Å²) in [5, 5.41) is 0. The Balaban J connectivity index is 0.000000103. The molecule has 0 aliphatic heterocycles. The van der Waals surface area contributed by atoms with Gasteiger partial charge in [-0.2, -0.15) is 0 Å².